The molecule has 0 spiro atoms. The van der Waals surface area contributed by atoms with E-state index >= 15 is 0 Å². The number of alkyl halides is 3. The van der Waals surface area contributed by atoms with Crippen molar-refractivity contribution < 1.29 is 13.2 Å². The molecular weight excluding hydrogens is 301 g/mol. The third-order valence-corrected chi connectivity index (χ3v) is 3.05. The van der Waals surface area contributed by atoms with Gasteiger partial charge >= 0.3 is 6.18 Å². The summed E-state index contributed by atoms with van der Waals surface area (Å²) in [5, 5.41) is 7.03. The van der Waals surface area contributed by atoms with Crippen LogP contribution in [0.1, 0.15) is 16.8 Å². The van der Waals surface area contributed by atoms with E-state index in [2.05, 4.69) is 22.6 Å². The molecule has 0 saturated carbocycles. The van der Waals surface area contributed by atoms with Gasteiger partial charge in [-0.15, -0.1) is 0 Å². The lowest BCUT2D eigenvalue weighted by molar-refractivity contribution is -0.137. The van der Waals surface area contributed by atoms with E-state index in [1.54, 1.807) is 24.0 Å². The predicted octanol–water partition coefficient (Wildman–Crippen LogP) is 2.69. The highest BCUT2D eigenvalue weighted by Crippen LogP contribution is 2.33. The number of rotatable bonds is 4. The minimum atomic E-state index is -4.51. The number of hydrogen-bond acceptors (Lipinski definition) is 3. The van der Waals surface area contributed by atoms with Crippen LogP contribution in [-0.4, -0.2) is 14.8 Å². The van der Waals surface area contributed by atoms with Gasteiger partial charge in [-0.05, 0) is 24.3 Å². The molecule has 0 amide bonds. The monoisotopic (exact) mass is 314 g/mol. The number of nitrogens with two attached hydrogens (primary N) is 1. The van der Waals surface area contributed by atoms with Crippen LogP contribution in [0.5, 0.6) is 0 Å². The maximum atomic E-state index is 13.0. The van der Waals surface area contributed by atoms with E-state index in [9.17, 15) is 13.2 Å². The highest BCUT2D eigenvalue weighted by molar-refractivity contribution is 7.80. The summed E-state index contributed by atoms with van der Waals surface area (Å²) >= 11 is 4.65. The number of benzene rings is 1. The molecule has 2 rings (SSSR count). The van der Waals surface area contributed by atoms with E-state index in [-0.39, 0.29) is 10.6 Å². The van der Waals surface area contributed by atoms with E-state index in [1.807, 2.05) is 0 Å². The standard InChI is InChI=1S/C13H13F3N4S/c1-20-5-4-9(19-20)7-18-8-2-3-10(12(17)21)11(6-8)13(14,15)16/h2-6,18H,7H2,1H3,(H2,17,21). The molecule has 21 heavy (non-hydrogen) atoms. The Balaban J connectivity index is 2.23. The molecule has 0 fully saturated rings. The van der Waals surface area contributed by atoms with Gasteiger partial charge in [-0.2, -0.15) is 18.3 Å². The average Bonchev–Trinajstić information content (AvgIpc) is 2.81. The number of aryl methyl sites for hydroxylation is 1. The number of hydrogen-bond donors (Lipinski definition) is 2. The van der Waals surface area contributed by atoms with Crippen molar-refractivity contribution in [3.05, 3.63) is 47.3 Å². The fraction of sp³-hybridized carbons (Fsp3) is 0.231. The number of halogens is 3. The van der Waals surface area contributed by atoms with Gasteiger partial charge < -0.3 is 11.1 Å². The molecule has 0 atom stereocenters. The molecule has 0 radical (unpaired) electrons. The molecule has 4 nitrogen and oxygen atoms in total. The molecule has 0 bridgehead atoms. The predicted molar refractivity (Wildman–Crippen MR) is 77.9 cm³/mol. The summed E-state index contributed by atoms with van der Waals surface area (Å²) in [5.74, 6) is 0. The highest BCUT2D eigenvalue weighted by atomic mass is 32.1. The van der Waals surface area contributed by atoms with Crippen LogP contribution in [0.3, 0.4) is 0 Å². The number of thiocarbonyl (C=S) groups is 1. The summed E-state index contributed by atoms with van der Waals surface area (Å²) in [6, 6.07) is 5.55. The lowest BCUT2D eigenvalue weighted by Gasteiger charge is -2.14. The number of nitrogens with zero attached hydrogens (tertiary/aromatic N) is 2. The van der Waals surface area contributed by atoms with Crippen LogP contribution in [0.2, 0.25) is 0 Å². The van der Waals surface area contributed by atoms with Crippen molar-refractivity contribution in [2.45, 2.75) is 12.7 Å². The smallest absolute Gasteiger partial charge is 0.389 e. The van der Waals surface area contributed by atoms with E-state index in [1.165, 1.54) is 12.1 Å². The molecule has 3 N–H and O–H groups in total. The zero-order chi connectivity index (χ0) is 15.6. The summed E-state index contributed by atoms with van der Waals surface area (Å²) in [6.07, 6.45) is -2.75. The van der Waals surface area contributed by atoms with Crippen LogP contribution in [0.4, 0.5) is 18.9 Å². The Morgan fingerprint density at radius 1 is 1.38 bits per heavy atom. The van der Waals surface area contributed by atoms with Crippen molar-refractivity contribution in [2.24, 2.45) is 12.8 Å². The van der Waals surface area contributed by atoms with Crippen LogP contribution < -0.4 is 11.1 Å². The van der Waals surface area contributed by atoms with E-state index < -0.39 is 11.7 Å². The topological polar surface area (TPSA) is 55.9 Å². The first-order chi connectivity index (χ1) is 9.77. The Bertz CT molecular complexity index is 664. The van der Waals surface area contributed by atoms with E-state index in [0.29, 0.717) is 12.2 Å². The fourth-order valence-electron chi connectivity index (χ4n) is 1.85. The molecule has 0 unspecified atom stereocenters. The van der Waals surface area contributed by atoms with E-state index in [4.69, 9.17) is 5.73 Å². The Kier molecular flexibility index (Phi) is 4.17. The first-order valence-electron chi connectivity index (χ1n) is 6.01. The molecule has 112 valence electrons. The molecule has 8 heteroatoms. The van der Waals surface area contributed by atoms with Crippen molar-refractivity contribution in [3.8, 4) is 0 Å². The molecule has 1 heterocycles. The normalized spacial score (nSPS) is 11.4. The largest absolute Gasteiger partial charge is 0.417 e. The minimum Gasteiger partial charge on any atom is -0.389 e. The van der Waals surface area contributed by atoms with Crippen LogP contribution in [-0.2, 0) is 19.8 Å². The second kappa shape index (κ2) is 5.72. The van der Waals surface area contributed by atoms with Gasteiger partial charge in [0.1, 0.15) is 4.99 Å². The Labute approximate surface area is 124 Å². The van der Waals surface area contributed by atoms with Gasteiger partial charge in [0.15, 0.2) is 0 Å². The van der Waals surface area contributed by atoms with Crippen LogP contribution >= 0.6 is 12.2 Å². The van der Waals surface area contributed by atoms with Crippen molar-refractivity contribution in [1.82, 2.24) is 9.78 Å². The highest BCUT2D eigenvalue weighted by Gasteiger charge is 2.34. The second-order valence-corrected chi connectivity index (χ2v) is 4.90. The van der Waals surface area contributed by atoms with Crippen molar-refractivity contribution in [2.75, 3.05) is 5.32 Å². The van der Waals surface area contributed by atoms with Gasteiger partial charge in [-0.1, -0.05) is 12.2 Å². The third-order valence-electron chi connectivity index (χ3n) is 2.83. The van der Waals surface area contributed by atoms with Crippen molar-refractivity contribution in [3.63, 3.8) is 0 Å². The summed E-state index contributed by atoms with van der Waals surface area (Å²) < 4.78 is 40.6. The Morgan fingerprint density at radius 3 is 2.62 bits per heavy atom. The molecule has 0 aliphatic carbocycles. The quantitative estimate of drug-likeness (QED) is 0.852. The van der Waals surface area contributed by atoms with Crippen LogP contribution in [0, 0.1) is 0 Å². The van der Waals surface area contributed by atoms with Gasteiger partial charge in [0.2, 0.25) is 0 Å². The Hall–Kier alpha value is -2.09. The summed E-state index contributed by atoms with van der Waals surface area (Å²) in [5.41, 5.74) is 5.35. The van der Waals surface area contributed by atoms with Gasteiger partial charge in [0.05, 0.1) is 17.8 Å². The van der Waals surface area contributed by atoms with E-state index in [0.717, 1.165) is 11.8 Å². The van der Waals surface area contributed by atoms with Crippen LogP contribution in [0.25, 0.3) is 0 Å². The summed E-state index contributed by atoms with van der Waals surface area (Å²) in [7, 11) is 1.77. The molecule has 2 aromatic rings. The molecule has 1 aromatic heterocycles. The zero-order valence-electron chi connectivity index (χ0n) is 11.1. The number of anilines is 1. The molecular formula is C13H13F3N4S. The summed E-state index contributed by atoms with van der Waals surface area (Å²) in [6.45, 7) is 0.324. The molecule has 1 aromatic carbocycles. The maximum Gasteiger partial charge on any atom is 0.417 e. The third kappa shape index (κ3) is 3.72. The minimum absolute atomic E-state index is 0.180. The first kappa shape index (κ1) is 15.3. The summed E-state index contributed by atoms with van der Waals surface area (Å²) in [4.78, 5) is -0.279. The van der Waals surface area contributed by atoms with Gasteiger partial charge in [0.25, 0.3) is 0 Å². The second-order valence-electron chi connectivity index (χ2n) is 4.46. The fourth-order valence-corrected chi connectivity index (χ4v) is 2.03. The SMILES string of the molecule is Cn1ccc(CNc2ccc(C(N)=S)c(C(F)(F)F)c2)n1. The molecule has 0 aliphatic rings. The maximum absolute atomic E-state index is 13.0. The van der Waals surface area contributed by atoms with Gasteiger partial charge in [0, 0.05) is 24.5 Å². The number of nitrogens with one attached hydrogen (secondary N) is 1. The van der Waals surface area contributed by atoms with Crippen molar-refractivity contribution >= 4 is 22.9 Å². The lowest BCUT2D eigenvalue weighted by atomic mass is 10.1. The Morgan fingerprint density at radius 2 is 2.10 bits per heavy atom. The number of aromatic nitrogens is 2. The first-order valence-corrected chi connectivity index (χ1v) is 6.41. The van der Waals surface area contributed by atoms with Crippen molar-refractivity contribution in [1.29, 1.82) is 0 Å². The molecule has 0 saturated heterocycles. The average molecular weight is 314 g/mol. The lowest BCUT2D eigenvalue weighted by Crippen LogP contribution is -2.18. The molecule has 0 aliphatic heterocycles. The van der Waals surface area contributed by atoms with Crippen LogP contribution in [0.15, 0.2) is 30.5 Å². The van der Waals surface area contributed by atoms with Gasteiger partial charge in [-0.25, -0.2) is 0 Å². The zero-order valence-corrected chi connectivity index (χ0v) is 11.9. The van der Waals surface area contributed by atoms with Gasteiger partial charge in [-0.3, -0.25) is 4.68 Å².